The fourth-order valence-electron chi connectivity index (χ4n) is 8.82. The van der Waals surface area contributed by atoms with Gasteiger partial charge >= 0.3 is 5.97 Å². The number of amides is 1. The van der Waals surface area contributed by atoms with E-state index in [-0.39, 0.29) is 19.4 Å². The maximum Gasteiger partial charge on any atom is 0.306 e. The van der Waals surface area contributed by atoms with E-state index in [4.69, 9.17) is 14.2 Å². The average Bonchev–Trinajstić information content (AvgIpc) is 3.41. The van der Waals surface area contributed by atoms with Crippen molar-refractivity contribution in [1.82, 2.24) is 5.32 Å². The summed E-state index contributed by atoms with van der Waals surface area (Å²) in [5.41, 5.74) is 0. The van der Waals surface area contributed by atoms with Gasteiger partial charge in [0.05, 0.1) is 25.4 Å². The summed E-state index contributed by atoms with van der Waals surface area (Å²) < 4.78 is 17.5. The highest BCUT2D eigenvalue weighted by Gasteiger charge is 2.47. The number of carbonyl (C=O) groups excluding carboxylic acids is 2. The maximum atomic E-state index is 13.4. The van der Waals surface area contributed by atoms with Crippen molar-refractivity contribution in [2.24, 2.45) is 0 Å². The van der Waals surface area contributed by atoms with Crippen LogP contribution in [0.4, 0.5) is 0 Å². The Kier molecular flexibility index (Phi) is 47.6. The van der Waals surface area contributed by atoms with Crippen LogP contribution < -0.4 is 5.32 Å². The van der Waals surface area contributed by atoms with Gasteiger partial charge in [0.25, 0.3) is 0 Å². The lowest BCUT2D eigenvalue weighted by atomic mass is 9.99. The van der Waals surface area contributed by atoms with Gasteiger partial charge in [0.2, 0.25) is 5.91 Å². The van der Waals surface area contributed by atoms with Crippen molar-refractivity contribution in [1.29, 1.82) is 0 Å². The van der Waals surface area contributed by atoms with Crippen molar-refractivity contribution in [2.45, 2.75) is 282 Å². The molecule has 75 heavy (non-hydrogen) atoms. The first-order valence-electron chi connectivity index (χ1n) is 30.1. The molecule has 0 aromatic heterocycles. The van der Waals surface area contributed by atoms with Gasteiger partial charge in [-0.3, -0.25) is 9.59 Å². The molecule has 0 aromatic rings. The van der Waals surface area contributed by atoms with E-state index in [1.807, 2.05) is 54.7 Å². The molecule has 1 aliphatic rings. The Labute approximate surface area is 456 Å². The fourth-order valence-corrected chi connectivity index (χ4v) is 8.82. The summed E-state index contributed by atoms with van der Waals surface area (Å²) in [4.78, 5) is 26.5. The largest absolute Gasteiger partial charge is 0.454 e. The van der Waals surface area contributed by atoms with Crippen LogP contribution in [-0.2, 0) is 23.8 Å². The zero-order chi connectivity index (χ0) is 54.7. The summed E-state index contributed by atoms with van der Waals surface area (Å²) in [6.07, 6.45) is 57.3. The van der Waals surface area contributed by atoms with Gasteiger partial charge in [-0.15, -0.1) is 0 Å². The van der Waals surface area contributed by atoms with Crippen LogP contribution in [-0.4, -0.2) is 99.6 Å². The minimum atomic E-state index is -1.64. The first kappa shape index (κ1) is 69.6. The van der Waals surface area contributed by atoms with Crippen molar-refractivity contribution in [3.8, 4) is 0 Å². The molecule has 430 valence electrons. The lowest BCUT2D eigenvalue weighted by Gasteiger charge is -2.41. The number of aliphatic hydroxyl groups excluding tert-OH is 5. The van der Waals surface area contributed by atoms with Crippen LogP contribution >= 0.6 is 0 Å². The van der Waals surface area contributed by atoms with Crippen molar-refractivity contribution >= 4 is 11.9 Å². The van der Waals surface area contributed by atoms with E-state index in [2.05, 4.69) is 62.5 Å². The van der Waals surface area contributed by atoms with E-state index in [1.54, 1.807) is 6.08 Å². The third-order valence-electron chi connectivity index (χ3n) is 13.6. The molecule has 8 atom stereocenters. The highest BCUT2D eigenvalue weighted by atomic mass is 16.7. The molecule has 11 nitrogen and oxygen atoms in total. The monoisotopic (exact) mass is 1050 g/mol. The molecule has 1 amide bonds. The van der Waals surface area contributed by atoms with E-state index in [1.165, 1.54) is 103 Å². The summed E-state index contributed by atoms with van der Waals surface area (Å²) in [5.74, 6) is -1.25. The molecule has 1 aliphatic heterocycles. The van der Waals surface area contributed by atoms with Crippen LogP contribution in [0.5, 0.6) is 0 Å². The first-order chi connectivity index (χ1) is 36.7. The quantitative estimate of drug-likeness (QED) is 0.0149. The Bertz CT molecular complexity index is 1580. The molecule has 11 heteroatoms. The van der Waals surface area contributed by atoms with E-state index in [9.17, 15) is 35.1 Å². The number of esters is 1. The summed E-state index contributed by atoms with van der Waals surface area (Å²) in [6, 6.07) is -1.04. The molecule has 0 saturated carbocycles. The summed E-state index contributed by atoms with van der Waals surface area (Å²) in [5, 5.41) is 56.9. The SMILES string of the molecule is CC/C=C/C=C/C=C\C=C/C=C/CCCCCC(=O)OC1C(OCC(NC(=O)C(O)CCCCCCCCCCCC/C=C\C/C=C\CCCCC)C(O)/C=C/CCCCCCCCCCC)OC(CO)C(O)C1O. The summed E-state index contributed by atoms with van der Waals surface area (Å²) >= 11 is 0. The van der Waals surface area contributed by atoms with E-state index in [0.717, 1.165) is 83.5 Å². The van der Waals surface area contributed by atoms with Crippen LogP contribution in [0.2, 0.25) is 0 Å². The number of ether oxygens (including phenoxy) is 3. The topological polar surface area (TPSA) is 175 Å². The van der Waals surface area contributed by atoms with Crippen molar-refractivity contribution in [3.05, 3.63) is 97.2 Å². The number of unbranched alkanes of at least 4 members (excludes halogenated alkanes) is 25. The minimum absolute atomic E-state index is 0.0698. The zero-order valence-electron chi connectivity index (χ0n) is 47.4. The van der Waals surface area contributed by atoms with Gasteiger partial charge in [-0.2, -0.15) is 0 Å². The fraction of sp³-hybridized carbons (Fsp3) is 0.719. The first-order valence-corrected chi connectivity index (χ1v) is 30.1. The Morgan fingerprint density at radius 3 is 1.57 bits per heavy atom. The molecule has 0 spiro atoms. The predicted molar refractivity (Wildman–Crippen MR) is 310 cm³/mol. The molecule has 0 aliphatic carbocycles. The van der Waals surface area contributed by atoms with Crippen LogP contribution in [0.15, 0.2) is 97.2 Å². The summed E-state index contributed by atoms with van der Waals surface area (Å²) in [7, 11) is 0. The van der Waals surface area contributed by atoms with Gasteiger partial charge in [0.1, 0.15) is 24.4 Å². The number of nitrogens with one attached hydrogen (secondary N) is 1. The van der Waals surface area contributed by atoms with Gasteiger partial charge in [-0.05, 0) is 77.0 Å². The Balaban J connectivity index is 2.70. The Morgan fingerprint density at radius 1 is 0.547 bits per heavy atom. The highest BCUT2D eigenvalue weighted by Crippen LogP contribution is 2.26. The van der Waals surface area contributed by atoms with Crippen molar-refractivity contribution in [2.75, 3.05) is 13.2 Å². The molecule has 0 aromatic carbocycles. The second-order valence-electron chi connectivity index (χ2n) is 20.5. The van der Waals surface area contributed by atoms with Gasteiger partial charge in [0, 0.05) is 6.42 Å². The molecule has 0 radical (unpaired) electrons. The molecule has 8 unspecified atom stereocenters. The van der Waals surface area contributed by atoms with E-state index < -0.39 is 67.4 Å². The van der Waals surface area contributed by atoms with Crippen LogP contribution in [0.25, 0.3) is 0 Å². The smallest absolute Gasteiger partial charge is 0.306 e. The van der Waals surface area contributed by atoms with E-state index >= 15 is 0 Å². The number of aliphatic hydroxyl groups is 5. The minimum Gasteiger partial charge on any atom is -0.454 e. The molecular weight excluding hydrogens is 943 g/mol. The molecular formula is C64H109NO10. The van der Waals surface area contributed by atoms with Crippen LogP contribution in [0, 0.1) is 0 Å². The lowest BCUT2D eigenvalue weighted by Crippen LogP contribution is -2.61. The van der Waals surface area contributed by atoms with Crippen molar-refractivity contribution < 1.29 is 49.3 Å². The number of allylic oxidation sites excluding steroid dienone is 15. The number of hydrogen-bond donors (Lipinski definition) is 6. The summed E-state index contributed by atoms with van der Waals surface area (Å²) in [6.45, 7) is 5.58. The van der Waals surface area contributed by atoms with Crippen molar-refractivity contribution in [3.63, 3.8) is 0 Å². The molecule has 6 N–H and O–H groups in total. The normalized spacial score (nSPS) is 19.9. The molecule has 0 bridgehead atoms. The number of carbonyl (C=O) groups is 2. The molecule has 1 rings (SSSR count). The van der Waals surface area contributed by atoms with Gasteiger partial charge in [-0.1, -0.05) is 246 Å². The Hall–Kier alpha value is -3.42. The molecule has 1 saturated heterocycles. The van der Waals surface area contributed by atoms with Crippen LogP contribution in [0.1, 0.15) is 233 Å². The number of rotatable bonds is 49. The maximum absolute atomic E-state index is 13.4. The third kappa shape index (κ3) is 39.6. The predicted octanol–water partition coefficient (Wildman–Crippen LogP) is 13.9. The van der Waals surface area contributed by atoms with Gasteiger partial charge in [0.15, 0.2) is 12.4 Å². The van der Waals surface area contributed by atoms with Gasteiger partial charge in [-0.25, -0.2) is 0 Å². The molecule has 1 heterocycles. The lowest BCUT2D eigenvalue weighted by molar-refractivity contribution is -0.305. The average molecular weight is 1050 g/mol. The standard InChI is InChI=1S/C64H109NO10/c1-4-7-10-13-16-19-22-24-26-27-28-29-30-32-33-36-39-42-45-48-51-57(68)63(72)65-55(56(67)50-47-44-41-38-35-21-18-15-12-9-6-3)54-73-64-62(61(71)60(70)58(53-66)74-64)75-59(69)52-49-46-43-40-37-34-31-25-23-20-17-14-11-8-5-2/h8,11,14,16-17,19-20,23-26,31,34,37,47,50,55-58,60-62,64,66-68,70-71H,4-7,9-10,12-13,15,18,21-22,27-30,32-33,35-36,38-46,48-49,51-54H2,1-3H3,(H,65,72)/b11-8+,17-14+,19-16-,23-20-,26-24-,31-25-,37-34+,50-47+. The second kappa shape index (κ2) is 51.3. The zero-order valence-corrected chi connectivity index (χ0v) is 47.4. The molecule has 1 fully saturated rings. The Morgan fingerprint density at radius 2 is 1.01 bits per heavy atom. The van der Waals surface area contributed by atoms with E-state index in [0.29, 0.717) is 12.8 Å². The van der Waals surface area contributed by atoms with Crippen LogP contribution in [0.3, 0.4) is 0 Å². The third-order valence-corrected chi connectivity index (χ3v) is 13.6. The second-order valence-corrected chi connectivity index (χ2v) is 20.5. The number of hydrogen-bond acceptors (Lipinski definition) is 10. The highest BCUT2D eigenvalue weighted by molar-refractivity contribution is 5.80. The van der Waals surface area contributed by atoms with Gasteiger partial charge < -0.3 is 45.1 Å².